The molecule has 1 aliphatic heterocycles. The van der Waals surface area contributed by atoms with Crippen LogP contribution in [0.15, 0.2) is 18.2 Å². The highest BCUT2D eigenvalue weighted by Gasteiger charge is 2.20. The lowest BCUT2D eigenvalue weighted by Gasteiger charge is -2.36. The van der Waals surface area contributed by atoms with E-state index in [9.17, 15) is 0 Å². The van der Waals surface area contributed by atoms with Gasteiger partial charge in [0.25, 0.3) is 0 Å². The maximum absolute atomic E-state index is 8.95. The highest BCUT2D eigenvalue weighted by molar-refractivity contribution is 5.53. The van der Waals surface area contributed by atoms with Crippen LogP contribution in [0.5, 0.6) is 0 Å². The molecule has 3 heteroatoms. The summed E-state index contributed by atoms with van der Waals surface area (Å²) in [4.78, 5) is 4.75. The van der Waals surface area contributed by atoms with Crippen molar-refractivity contribution in [3.63, 3.8) is 0 Å². The molecule has 1 aromatic carbocycles. The van der Waals surface area contributed by atoms with Crippen molar-refractivity contribution in [2.75, 3.05) is 32.1 Å². The molecule has 0 spiro atoms. The minimum absolute atomic E-state index is 0.709. The Balaban J connectivity index is 2.06. The molecule has 0 bridgehead atoms. The summed E-state index contributed by atoms with van der Waals surface area (Å²) in [5, 5.41) is 8.95. The number of piperidine rings is 1. The van der Waals surface area contributed by atoms with Crippen molar-refractivity contribution < 1.29 is 0 Å². The molecule has 1 fully saturated rings. The molecule has 96 valence electrons. The van der Waals surface area contributed by atoms with Gasteiger partial charge in [-0.15, -0.1) is 0 Å². The lowest BCUT2D eigenvalue weighted by atomic mass is 10.0. The summed E-state index contributed by atoms with van der Waals surface area (Å²) in [6, 6.07) is 9.07. The molecular weight excluding hydrogens is 222 g/mol. The third-order valence-electron chi connectivity index (χ3n) is 3.89. The number of rotatable bonds is 2. The lowest BCUT2D eigenvalue weighted by Crippen LogP contribution is -2.42. The minimum Gasteiger partial charge on any atom is -0.371 e. The quantitative estimate of drug-likeness (QED) is 0.799. The van der Waals surface area contributed by atoms with Crippen LogP contribution < -0.4 is 4.90 Å². The predicted octanol–water partition coefficient (Wildman–Crippen LogP) is 2.40. The minimum atomic E-state index is 0.709. The first-order valence-electron chi connectivity index (χ1n) is 6.54. The van der Waals surface area contributed by atoms with E-state index in [1.54, 1.807) is 0 Å². The van der Waals surface area contributed by atoms with Crippen LogP contribution in [0.25, 0.3) is 0 Å². The first kappa shape index (κ1) is 12.9. The van der Waals surface area contributed by atoms with Crippen LogP contribution in [-0.2, 0) is 0 Å². The number of hydrogen-bond donors (Lipinski definition) is 0. The van der Waals surface area contributed by atoms with E-state index in [0.717, 1.165) is 24.2 Å². The topological polar surface area (TPSA) is 30.3 Å². The highest BCUT2D eigenvalue weighted by Crippen LogP contribution is 2.23. The van der Waals surface area contributed by atoms with Crippen molar-refractivity contribution in [1.82, 2.24) is 4.90 Å². The van der Waals surface area contributed by atoms with Crippen LogP contribution >= 0.6 is 0 Å². The van der Waals surface area contributed by atoms with Gasteiger partial charge in [0, 0.05) is 24.8 Å². The van der Waals surface area contributed by atoms with Gasteiger partial charge in [0.2, 0.25) is 0 Å². The van der Waals surface area contributed by atoms with E-state index >= 15 is 0 Å². The second-order valence-electron chi connectivity index (χ2n) is 5.29. The Bertz CT molecular complexity index is 451. The zero-order valence-electron chi connectivity index (χ0n) is 11.5. The molecule has 3 nitrogen and oxygen atoms in total. The molecule has 1 aliphatic rings. The number of anilines is 1. The summed E-state index contributed by atoms with van der Waals surface area (Å²) in [5.41, 5.74) is 3.11. The monoisotopic (exact) mass is 243 g/mol. The molecule has 1 aromatic rings. The zero-order chi connectivity index (χ0) is 13.1. The van der Waals surface area contributed by atoms with Crippen LogP contribution in [0, 0.1) is 18.3 Å². The average molecular weight is 243 g/mol. The number of aryl methyl sites for hydroxylation is 1. The van der Waals surface area contributed by atoms with Crippen molar-refractivity contribution in [3.8, 4) is 6.07 Å². The van der Waals surface area contributed by atoms with Crippen molar-refractivity contribution in [2.45, 2.75) is 25.8 Å². The van der Waals surface area contributed by atoms with Crippen LogP contribution in [0.2, 0.25) is 0 Å². The van der Waals surface area contributed by atoms with Crippen LogP contribution in [-0.4, -0.2) is 38.1 Å². The Morgan fingerprint density at radius 2 is 1.94 bits per heavy atom. The first-order chi connectivity index (χ1) is 8.61. The highest BCUT2D eigenvalue weighted by atomic mass is 15.2. The molecular formula is C15H21N3. The summed E-state index contributed by atoms with van der Waals surface area (Å²) < 4.78 is 0. The second kappa shape index (κ2) is 5.41. The maximum atomic E-state index is 8.95. The zero-order valence-corrected chi connectivity index (χ0v) is 11.5. The Kier molecular flexibility index (Phi) is 3.88. The Hall–Kier alpha value is -1.53. The molecule has 1 heterocycles. The van der Waals surface area contributed by atoms with E-state index in [0.29, 0.717) is 6.04 Å². The number of nitriles is 1. The maximum Gasteiger partial charge on any atom is 0.0994 e. The van der Waals surface area contributed by atoms with E-state index in [-0.39, 0.29) is 0 Å². The molecule has 0 aliphatic carbocycles. The third kappa shape index (κ3) is 2.65. The summed E-state index contributed by atoms with van der Waals surface area (Å²) in [6.07, 6.45) is 2.43. The van der Waals surface area contributed by atoms with Gasteiger partial charge in [0.15, 0.2) is 0 Å². The van der Waals surface area contributed by atoms with Gasteiger partial charge in [-0.3, -0.25) is 0 Å². The van der Waals surface area contributed by atoms with E-state index in [1.165, 1.54) is 18.5 Å². The normalized spacial score (nSPS) is 16.9. The molecule has 1 saturated heterocycles. The van der Waals surface area contributed by atoms with Gasteiger partial charge in [-0.05, 0) is 57.6 Å². The molecule has 2 rings (SSSR count). The van der Waals surface area contributed by atoms with E-state index in [1.807, 2.05) is 13.0 Å². The van der Waals surface area contributed by atoms with Crippen molar-refractivity contribution in [3.05, 3.63) is 29.3 Å². The Morgan fingerprint density at radius 1 is 1.28 bits per heavy atom. The Morgan fingerprint density at radius 3 is 2.44 bits per heavy atom. The third-order valence-corrected chi connectivity index (χ3v) is 3.89. The fourth-order valence-corrected chi connectivity index (χ4v) is 2.61. The fraction of sp³-hybridized carbons (Fsp3) is 0.533. The van der Waals surface area contributed by atoms with Gasteiger partial charge in [-0.25, -0.2) is 0 Å². The van der Waals surface area contributed by atoms with Gasteiger partial charge >= 0.3 is 0 Å². The second-order valence-corrected chi connectivity index (χ2v) is 5.29. The fourth-order valence-electron chi connectivity index (χ4n) is 2.61. The molecule has 0 N–H and O–H groups in total. The summed E-state index contributed by atoms with van der Waals surface area (Å²) in [6.45, 7) is 4.22. The number of benzene rings is 1. The van der Waals surface area contributed by atoms with E-state index < -0.39 is 0 Å². The van der Waals surface area contributed by atoms with Gasteiger partial charge in [-0.2, -0.15) is 5.26 Å². The molecule has 0 atom stereocenters. The van der Waals surface area contributed by atoms with Crippen LogP contribution in [0.3, 0.4) is 0 Å². The molecule has 18 heavy (non-hydrogen) atoms. The smallest absolute Gasteiger partial charge is 0.0994 e. The van der Waals surface area contributed by atoms with Crippen molar-refractivity contribution in [2.24, 2.45) is 0 Å². The SMILES string of the molecule is Cc1cc(N2CCC(N(C)C)CC2)ccc1C#N. The van der Waals surface area contributed by atoms with Gasteiger partial charge in [0.1, 0.15) is 0 Å². The first-order valence-corrected chi connectivity index (χ1v) is 6.54. The molecule has 0 amide bonds. The Labute approximate surface area is 110 Å². The summed E-state index contributed by atoms with van der Waals surface area (Å²) >= 11 is 0. The van der Waals surface area contributed by atoms with Crippen LogP contribution in [0.4, 0.5) is 5.69 Å². The van der Waals surface area contributed by atoms with Crippen molar-refractivity contribution in [1.29, 1.82) is 5.26 Å². The summed E-state index contributed by atoms with van der Waals surface area (Å²) in [5.74, 6) is 0. The largest absolute Gasteiger partial charge is 0.371 e. The molecule has 0 saturated carbocycles. The lowest BCUT2D eigenvalue weighted by molar-refractivity contribution is 0.249. The predicted molar refractivity (Wildman–Crippen MR) is 74.8 cm³/mol. The number of hydrogen-bond acceptors (Lipinski definition) is 3. The van der Waals surface area contributed by atoms with Gasteiger partial charge in [0.05, 0.1) is 11.6 Å². The van der Waals surface area contributed by atoms with E-state index in [4.69, 9.17) is 5.26 Å². The van der Waals surface area contributed by atoms with E-state index in [2.05, 4.69) is 42.1 Å². The van der Waals surface area contributed by atoms with Gasteiger partial charge < -0.3 is 9.80 Å². The standard InChI is InChI=1S/C15H21N3/c1-12-10-15(5-4-13(12)11-16)18-8-6-14(7-9-18)17(2)3/h4-5,10,14H,6-9H2,1-3H3. The molecule has 0 aromatic heterocycles. The van der Waals surface area contributed by atoms with Crippen molar-refractivity contribution >= 4 is 5.69 Å². The van der Waals surface area contributed by atoms with Gasteiger partial charge in [-0.1, -0.05) is 0 Å². The average Bonchev–Trinajstić information content (AvgIpc) is 2.38. The molecule has 0 radical (unpaired) electrons. The summed E-state index contributed by atoms with van der Waals surface area (Å²) in [7, 11) is 4.32. The number of nitrogens with zero attached hydrogens (tertiary/aromatic N) is 3. The van der Waals surface area contributed by atoms with Crippen LogP contribution in [0.1, 0.15) is 24.0 Å². The molecule has 0 unspecified atom stereocenters.